The van der Waals surface area contributed by atoms with Crippen LogP contribution in [0.4, 0.5) is 10.1 Å². The van der Waals surface area contributed by atoms with Gasteiger partial charge >= 0.3 is 0 Å². The number of halogens is 2. The van der Waals surface area contributed by atoms with E-state index in [1.54, 1.807) is 55.1 Å². The Bertz CT molecular complexity index is 1030. The maximum absolute atomic E-state index is 14.1. The maximum Gasteiger partial charge on any atom is 0.248 e. The molecular formula is C20H18ClFN2O2. The van der Waals surface area contributed by atoms with E-state index in [-0.39, 0.29) is 23.9 Å². The van der Waals surface area contributed by atoms with Gasteiger partial charge in [-0.3, -0.25) is 9.59 Å². The number of hydrogen-bond acceptors (Lipinski definition) is 2. The molecule has 0 fully saturated rings. The average molecular weight is 373 g/mol. The molecular weight excluding hydrogens is 355 g/mol. The number of benzene rings is 2. The summed E-state index contributed by atoms with van der Waals surface area (Å²) < 4.78 is 14.1. The van der Waals surface area contributed by atoms with Crippen LogP contribution in [0.3, 0.4) is 0 Å². The van der Waals surface area contributed by atoms with E-state index in [1.165, 1.54) is 12.1 Å². The Morgan fingerprint density at radius 1 is 1.19 bits per heavy atom. The van der Waals surface area contributed by atoms with Crippen molar-refractivity contribution in [3.63, 3.8) is 0 Å². The van der Waals surface area contributed by atoms with Crippen LogP contribution in [0, 0.1) is 11.7 Å². The first kappa shape index (κ1) is 18.1. The molecule has 0 saturated heterocycles. The molecule has 134 valence electrons. The van der Waals surface area contributed by atoms with Crippen molar-refractivity contribution in [2.75, 3.05) is 4.90 Å². The Morgan fingerprint density at radius 3 is 2.62 bits per heavy atom. The smallest absolute Gasteiger partial charge is 0.248 e. The van der Waals surface area contributed by atoms with Gasteiger partial charge in [-0.05, 0) is 29.8 Å². The van der Waals surface area contributed by atoms with Crippen LogP contribution in [0.5, 0.6) is 0 Å². The zero-order valence-electron chi connectivity index (χ0n) is 14.4. The van der Waals surface area contributed by atoms with Crippen LogP contribution in [0.2, 0.25) is 5.02 Å². The number of anilines is 1. The molecule has 26 heavy (non-hydrogen) atoms. The van der Waals surface area contributed by atoms with Crippen molar-refractivity contribution in [1.82, 2.24) is 4.98 Å². The number of aromatic nitrogens is 1. The monoisotopic (exact) mass is 372 g/mol. The third-order valence-electron chi connectivity index (χ3n) is 4.12. The van der Waals surface area contributed by atoms with Crippen LogP contribution in [0.1, 0.15) is 19.4 Å². The molecule has 0 spiro atoms. The van der Waals surface area contributed by atoms with Crippen LogP contribution in [0.25, 0.3) is 10.9 Å². The number of carbonyl (C=O) groups is 1. The number of aromatic amines is 1. The molecule has 3 aromatic rings. The predicted molar refractivity (Wildman–Crippen MR) is 102 cm³/mol. The normalized spacial score (nSPS) is 11.1. The Balaban J connectivity index is 2.13. The molecule has 0 aliphatic carbocycles. The Hall–Kier alpha value is -2.66. The lowest BCUT2D eigenvalue weighted by Gasteiger charge is -2.25. The van der Waals surface area contributed by atoms with E-state index < -0.39 is 11.4 Å². The molecule has 0 aliphatic heterocycles. The molecule has 3 rings (SSSR count). The molecule has 0 unspecified atom stereocenters. The molecule has 1 amide bonds. The van der Waals surface area contributed by atoms with E-state index in [0.29, 0.717) is 21.7 Å². The first-order valence-electron chi connectivity index (χ1n) is 8.24. The molecule has 2 aromatic carbocycles. The zero-order chi connectivity index (χ0) is 18.8. The lowest BCUT2D eigenvalue weighted by molar-refractivity contribution is -0.121. The van der Waals surface area contributed by atoms with Gasteiger partial charge in [0.05, 0.1) is 12.1 Å². The summed E-state index contributed by atoms with van der Waals surface area (Å²) in [6, 6.07) is 12.9. The number of hydrogen-bond donors (Lipinski definition) is 1. The highest BCUT2D eigenvalue weighted by Crippen LogP contribution is 2.26. The maximum atomic E-state index is 14.1. The average Bonchev–Trinajstić information content (AvgIpc) is 2.59. The van der Waals surface area contributed by atoms with Gasteiger partial charge in [0.25, 0.3) is 0 Å². The van der Waals surface area contributed by atoms with E-state index in [0.717, 1.165) is 0 Å². The van der Waals surface area contributed by atoms with Gasteiger partial charge in [-0.2, -0.15) is 0 Å². The Kier molecular flexibility index (Phi) is 5.09. The fourth-order valence-electron chi connectivity index (χ4n) is 2.87. The predicted octanol–water partition coefficient (Wildman–Crippen LogP) is 4.51. The van der Waals surface area contributed by atoms with Crippen molar-refractivity contribution in [2.45, 2.75) is 20.4 Å². The lowest BCUT2D eigenvalue weighted by atomic mass is 10.1. The highest BCUT2D eigenvalue weighted by atomic mass is 35.5. The standard InChI is InChI=1S/C20H18ClFN2O2/c1-12(2)20(26)24(15-6-3-5-14(21)10-15)11-13-9-18(25)23-19-16(13)7-4-8-17(19)22/h3-10,12H,11H2,1-2H3,(H,23,25). The highest BCUT2D eigenvalue weighted by molar-refractivity contribution is 6.30. The molecule has 0 atom stereocenters. The summed E-state index contributed by atoms with van der Waals surface area (Å²) in [4.78, 5) is 28.8. The number of pyridine rings is 1. The van der Waals surface area contributed by atoms with Crippen LogP contribution in [0.15, 0.2) is 53.3 Å². The van der Waals surface area contributed by atoms with Gasteiger partial charge in [0.2, 0.25) is 11.5 Å². The van der Waals surface area contributed by atoms with Gasteiger partial charge in [0.1, 0.15) is 5.82 Å². The number of H-pyrrole nitrogens is 1. The molecule has 0 saturated carbocycles. The van der Waals surface area contributed by atoms with Crippen molar-refractivity contribution < 1.29 is 9.18 Å². The second-order valence-corrected chi connectivity index (χ2v) is 6.82. The van der Waals surface area contributed by atoms with Crippen molar-refractivity contribution in [3.05, 3.63) is 75.3 Å². The summed E-state index contributed by atoms with van der Waals surface area (Å²) in [6.07, 6.45) is 0. The topological polar surface area (TPSA) is 53.2 Å². The molecule has 0 bridgehead atoms. The molecule has 1 heterocycles. The van der Waals surface area contributed by atoms with E-state index in [1.807, 2.05) is 0 Å². The molecule has 6 heteroatoms. The SMILES string of the molecule is CC(C)C(=O)N(Cc1cc(=O)[nH]c2c(F)cccc12)c1cccc(Cl)c1. The summed E-state index contributed by atoms with van der Waals surface area (Å²) >= 11 is 6.07. The number of para-hydroxylation sites is 1. The van der Waals surface area contributed by atoms with Crippen LogP contribution < -0.4 is 10.5 Å². The second kappa shape index (κ2) is 7.30. The molecule has 4 nitrogen and oxygen atoms in total. The minimum Gasteiger partial charge on any atom is -0.319 e. The quantitative estimate of drug-likeness (QED) is 0.732. The molecule has 1 aromatic heterocycles. The number of amides is 1. The van der Waals surface area contributed by atoms with Gasteiger partial charge < -0.3 is 9.88 Å². The number of fused-ring (bicyclic) bond motifs is 1. The van der Waals surface area contributed by atoms with Crippen molar-refractivity contribution in [2.24, 2.45) is 5.92 Å². The number of nitrogens with one attached hydrogen (secondary N) is 1. The summed E-state index contributed by atoms with van der Waals surface area (Å²) in [6.45, 7) is 3.74. The van der Waals surface area contributed by atoms with Crippen molar-refractivity contribution in [3.8, 4) is 0 Å². The summed E-state index contributed by atoms with van der Waals surface area (Å²) in [5, 5.41) is 1.07. The van der Waals surface area contributed by atoms with Gasteiger partial charge in [-0.25, -0.2) is 4.39 Å². The van der Waals surface area contributed by atoms with E-state index in [9.17, 15) is 14.0 Å². The third kappa shape index (κ3) is 3.63. The summed E-state index contributed by atoms with van der Waals surface area (Å²) in [5.74, 6) is -0.873. The second-order valence-electron chi connectivity index (χ2n) is 6.38. The van der Waals surface area contributed by atoms with Gasteiger partial charge in [0.15, 0.2) is 0 Å². The molecule has 0 radical (unpaired) electrons. The van der Waals surface area contributed by atoms with Crippen LogP contribution in [-0.4, -0.2) is 10.9 Å². The van der Waals surface area contributed by atoms with E-state index in [2.05, 4.69) is 4.98 Å². The fourth-order valence-corrected chi connectivity index (χ4v) is 3.05. The van der Waals surface area contributed by atoms with Gasteiger partial charge in [0, 0.05) is 28.1 Å². The largest absolute Gasteiger partial charge is 0.319 e. The van der Waals surface area contributed by atoms with E-state index >= 15 is 0 Å². The summed E-state index contributed by atoms with van der Waals surface area (Å²) in [7, 11) is 0. The lowest BCUT2D eigenvalue weighted by Crippen LogP contribution is -2.34. The fraction of sp³-hybridized carbons (Fsp3) is 0.200. The summed E-state index contributed by atoms with van der Waals surface area (Å²) in [5.41, 5.74) is 0.914. The Morgan fingerprint density at radius 2 is 1.92 bits per heavy atom. The van der Waals surface area contributed by atoms with Gasteiger partial charge in [-0.1, -0.05) is 43.6 Å². The minimum atomic E-state index is -0.508. The highest BCUT2D eigenvalue weighted by Gasteiger charge is 2.21. The number of rotatable bonds is 4. The first-order chi connectivity index (χ1) is 12.4. The van der Waals surface area contributed by atoms with Crippen molar-refractivity contribution in [1.29, 1.82) is 0 Å². The first-order valence-corrected chi connectivity index (χ1v) is 8.62. The molecule has 1 N–H and O–H groups in total. The molecule has 0 aliphatic rings. The van der Waals surface area contributed by atoms with Crippen LogP contribution >= 0.6 is 11.6 Å². The van der Waals surface area contributed by atoms with Gasteiger partial charge in [-0.15, -0.1) is 0 Å². The van der Waals surface area contributed by atoms with E-state index in [4.69, 9.17) is 11.6 Å². The zero-order valence-corrected chi connectivity index (χ0v) is 15.2. The minimum absolute atomic E-state index is 0.114. The number of carbonyl (C=O) groups excluding carboxylic acids is 1. The van der Waals surface area contributed by atoms with Crippen molar-refractivity contribution >= 4 is 34.1 Å². The van der Waals surface area contributed by atoms with Crippen LogP contribution in [-0.2, 0) is 11.3 Å². The Labute approximate surface area is 155 Å². The third-order valence-corrected chi connectivity index (χ3v) is 4.36. The number of nitrogens with zero attached hydrogens (tertiary/aromatic N) is 1.